The molecule has 0 aliphatic rings. The molecule has 90 valence electrons. The summed E-state index contributed by atoms with van der Waals surface area (Å²) in [5, 5.41) is 3.14. The van der Waals surface area contributed by atoms with E-state index in [1.54, 1.807) is 12.3 Å². The number of hydrogen-bond donors (Lipinski definition) is 1. The molecule has 2 heterocycles. The molecule has 0 saturated heterocycles. The molecule has 5 nitrogen and oxygen atoms in total. The van der Waals surface area contributed by atoms with Crippen LogP contribution in [-0.4, -0.2) is 16.6 Å². The van der Waals surface area contributed by atoms with Crippen molar-refractivity contribution < 1.29 is 9.15 Å². The number of nitrogens with one attached hydrogen (secondary N) is 1. The van der Waals surface area contributed by atoms with Gasteiger partial charge in [-0.15, -0.1) is 0 Å². The van der Waals surface area contributed by atoms with Gasteiger partial charge < -0.3 is 14.5 Å². The Morgan fingerprint density at radius 1 is 1.41 bits per heavy atom. The monoisotopic (exact) mass is 233 g/mol. The third-order valence-electron chi connectivity index (χ3n) is 2.12. The molecular weight excluding hydrogens is 218 g/mol. The van der Waals surface area contributed by atoms with Gasteiger partial charge in [-0.1, -0.05) is 6.92 Å². The fourth-order valence-corrected chi connectivity index (χ4v) is 1.31. The normalized spacial score (nSPS) is 10.2. The van der Waals surface area contributed by atoms with Gasteiger partial charge in [0, 0.05) is 6.07 Å². The van der Waals surface area contributed by atoms with Crippen molar-refractivity contribution in [3.63, 3.8) is 0 Å². The molecule has 0 aliphatic carbocycles. The van der Waals surface area contributed by atoms with Gasteiger partial charge in [0.2, 0.25) is 5.88 Å². The zero-order valence-corrected chi connectivity index (χ0v) is 9.72. The lowest BCUT2D eigenvalue weighted by molar-refractivity contribution is 0.305. The summed E-state index contributed by atoms with van der Waals surface area (Å²) in [5.41, 5.74) is 0. The van der Waals surface area contributed by atoms with Gasteiger partial charge in [-0.05, 0) is 18.6 Å². The highest BCUT2D eigenvalue weighted by Gasteiger charge is 2.00. The van der Waals surface area contributed by atoms with Crippen LogP contribution in [0.15, 0.2) is 35.2 Å². The lowest BCUT2D eigenvalue weighted by atomic mass is 10.4. The molecule has 17 heavy (non-hydrogen) atoms. The lowest BCUT2D eigenvalue weighted by Gasteiger charge is -2.06. The number of ether oxygens (including phenoxy) is 1. The largest absolute Gasteiger partial charge is 0.478 e. The Morgan fingerprint density at radius 2 is 2.35 bits per heavy atom. The standard InChI is InChI=1S/C12H15N3O2/c1-2-5-17-12-7-11(14-9-15-12)13-8-10-4-3-6-16-10/h3-4,6-7,9H,2,5,8H2,1H3,(H,13,14,15). The fourth-order valence-electron chi connectivity index (χ4n) is 1.31. The van der Waals surface area contributed by atoms with Crippen LogP contribution in [0.1, 0.15) is 19.1 Å². The Morgan fingerprint density at radius 3 is 3.12 bits per heavy atom. The van der Waals surface area contributed by atoms with E-state index in [0.29, 0.717) is 19.0 Å². The summed E-state index contributed by atoms with van der Waals surface area (Å²) in [6.45, 7) is 3.31. The predicted octanol–water partition coefficient (Wildman–Crippen LogP) is 2.47. The molecule has 0 bridgehead atoms. The van der Waals surface area contributed by atoms with Crippen LogP contribution in [0.3, 0.4) is 0 Å². The highest BCUT2D eigenvalue weighted by Crippen LogP contribution is 2.12. The summed E-state index contributed by atoms with van der Waals surface area (Å²) in [6.07, 6.45) is 4.08. The zero-order chi connectivity index (χ0) is 11.9. The molecule has 2 rings (SSSR count). The van der Waals surface area contributed by atoms with Crippen LogP contribution in [0.4, 0.5) is 5.82 Å². The van der Waals surface area contributed by atoms with E-state index in [4.69, 9.17) is 9.15 Å². The van der Waals surface area contributed by atoms with Crippen molar-refractivity contribution in [1.82, 2.24) is 9.97 Å². The quantitative estimate of drug-likeness (QED) is 0.830. The molecule has 0 aromatic carbocycles. The van der Waals surface area contributed by atoms with Crippen molar-refractivity contribution in [2.75, 3.05) is 11.9 Å². The molecular formula is C12H15N3O2. The highest BCUT2D eigenvalue weighted by atomic mass is 16.5. The number of hydrogen-bond acceptors (Lipinski definition) is 5. The van der Waals surface area contributed by atoms with Gasteiger partial charge in [0.15, 0.2) is 0 Å². The van der Waals surface area contributed by atoms with Gasteiger partial charge in [0.25, 0.3) is 0 Å². The van der Waals surface area contributed by atoms with E-state index in [9.17, 15) is 0 Å². The molecule has 0 fully saturated rings. The van der Waals surface area contributed by atoms with E-state index in [1.807, 2.05) is 12.1 Å². The molecule has 1 N–H and O–H groups in total. The van der Waals surface area contributed by atoms with Crippen molar-refractivity contribution >= 4 is 5.82 Å². The van der Waals surface area contributed by atoms with Crippen molar-refractivity contribution in [3.05, 3.63) is 36.5 Å². The second kappa shape index (κ2) is 5.89. The van der Waals surface area contributed by atoms with Gasteiger partial charge >= 0.3 is 0 Å². The SMILES string of the molecule is CCCOc1cc(NCc2ccco2)ncn1. The molecule has 2 aromatic heterocycles. The van der Waals surface area contributed by atoms with Crippen LogP contribution in [0.5, 0.6) is 5.88 Å². The summed E-state index contributed by atoms with van der Waals surface area (Å²) >= 11 is 0. The summed E-state index contributed by atoms with van der Waals surface area (Å²) < 4.78 is 10.6. The molecule has 0 amide bonds. The first-order chi connectivity index (χ1) is 8.38. The van der Waals surface area contributed by atoms with Gasteiger partial charge in [-0.25, -0.2) is 9.97 Å². The zero-order valence-electron chi connectivity index (χ0n) is 9.72. The third-order valence-corrected chi connectivity index (χ3v) is 2.12. The maximum atomic E-state index is 5.42. The molecule has 0 aliphatic heterocycles. The van der Waals surface area contributed by atoms with E-state index < -0.39 is 0 Å². The second-order valence-electron chi connectivity index (χ2n) is 3.52. The molecule has 0 radical (unpaired) electrons. The van der Waals surface area contributed by atoms with E-state index >= 15 is 0 Å². The second-order valence-corrected chi connectivity index (χ2v) is 3.52. The smallest absolute Gasteiger partial charge is 0.218 e. The number of aromatic nitrogens is 2. The van der Waals surface area contributed by atoms with Crippen LogP contribution in [0.25, 0.3) is 0 Å². The van der Waals surface area contributed by atoms with Crippen molar-refractivity contribution in [1.29, 1.82) is 0 Å². The Kier molecular flexibility index (Phi) is 3.96. The average Bonchev–Trinajstić information content (AvgIpc) is 2.87. The lowest BCUT2D eigenvalue weighted by Crippen LogP contribution is -2.03. The molecule has 0 atom stereocenters. The van der Waals surface area contributed by atoms with Crippen molar-refractivity contribution in [2.24, 2.45) is 0 Å². The molecule has 5 heteroatoms. The summed E-state index contributed by atoms with van der Waals surface area (Å²) in [4.78, 5) is 8.13. The maximum Gasteiger partial charge on any atom is 0.218 e. The van der Waals surface area contributed by atoms with E-state index in [1.165, 1.54) is 6.33 Å². The van der Waals surface area contributed by atoms with E-state index in [0.717, 1.165) is 18.0 Å². The number of furan rings is 1. The Bertz CT molecular complexity index is 443. The number of nitrogens with zero attached hydrogens (tertiary/aromatic N) is 2. The molecule has 0 saturated carbocycles. The first-order valence-corrected chi connectivity index (χ1v) is 5.59. The van der Waals surface area contributed by atoms with Gasteiger partial charge in [0.1, 0.15) is 17.9 Å². The maximum absolute atomic E-state index is 5.42. The Hall–Kier alpha value is -2.04. The topological polar surface area (TPSA) is 60.2 Å². The minimum atomic E-state index is 0.587. The summed E-state index contributed by atoms with van der Waals surface area (Å²) in [6, 6.07) is 5.54. The highest BCUT2D eigenvalue weighted by molar-refractivity contribution is 5.37. The minimum Gasteiger partial charge on any atom is -0.478 e. The van der Waals surface area contributed by atoms with E-state index in [-0.39, 0.29) is 0 Å². The summed E-state index contributed by atoms with van der Waals surface area (Å²) in [7, 11) is 0. The fraction of sp³-hybridized carbons (Fsp3) is 0.333. The predicted molar refractivity (Wildman–Crippen MR) is 63.9 cm³/mol. The Labute approximate surface area is 99.8 Å². The molecule has 2 aromatic rings. The van der Waals surface area contributed by atoms with Gasteiger partial charge in [-0.3, -0.25) is 0 Å². The molecule has 0 unspecified atom stereocenters. The van der Waals surface area contributed by atoms with Gasteiger partial charge in [-0.2, -0.15) is 0 Å². The van der Waals surface area contributed by atoms with Crippen molar-refractivity contribution in [2.45, 2.75) is 19.9 Å². The molecule has 0 spiro atoms. The van der Waals surface area contributed by atoms with E-state index in [2.05, 4.69) is 22.2 Å². The van der Waals surface area contributed by atoms with Crippen LogP contribution in [0, 0.1) is 0 Å². The Balaban J connectivity index is 1.91. The number of anilines is 1. The van der Waals surface area contributed by atoms with Crippen LogP contribution >= 0.6 is 0 Å². The average molecular weight is 233 g/mol. The summed E-state index contributed by atoms with van der Waals surface area (Å²) in [5.74, 6) is 2.17. The minimum absolute atomic E-state index is 0.587. The van der Waals surface area contributed by atoms with Gasteiger partial charge in [0.05, 0.1) is 19.4 Å². The number of rotatable bonds is 6. The van der Waals surface area contributed by atoms with Crippen LogP contribution < -0.4 is 10.1 Å². The van der Waals surface area contributed by atoms with Crippen molar-refractivity contribution in [3.8, 4) is 5.88 Å². The third kappa shape index (κ3) is 3.48. The van der Waals surface area contributed by atoms with Crippen LogP contribution in [0.2, 0.25) is 0 Å². The first-order valence-electron chi connectivity index (χ1n) is 5.59. The first kappa shape index (κ1) is 11.4. The van der Waals surface area contributed by atoms with Crippen LogP contribution in [-0.2, 0) is 6.54 Å².